The minimum Gasteiger partial charge on any atom is -0.488 e. The molecular formula is C25H25F2N7O2. The number of nitrogen functional groups attached to an aromatic ring is 1. The van der Waals surface area contributed by atoms with Gasteiger partial charge in [-0.05, 0) is 36.1 Å². The maximum Gasteiger partial charge on any atom is 0.350 e. The van der Waals surface area contributed by atoms with Gasteiger partial charge in [-0.3, -0.25) is 10.4 Å². The monoisotopic (exact) mass is 493 g/mol. The lowest BCUT2D eigenvalue weighted by molar-refractivity contribution is 0.261. The summed E-state index contributed by atoms with van der Waals surface area (Å²) in [6.45, 7) is 0.873. The van der Waals surface area contributed by atoms with Crippen molar-refractivity contribution in [1.82, 2.24) is 24.7 Å². The molecule has 9 nitrogen and oxygen atoms in total. The van der Waals surface area contributed by atoms with Gasteiger partial charge in [-0.2, -0.15) is 0 Å². The topological polar surface area (TPSA) is 136 Å². The standard InChI is InChI=1S/C25H25F2N7O2/c1-2-15-12-18(21(27)20(14-15)36-11-8-26)19(13-16-4-6-17(7-5-16)22(28)29)23-32-25(35)34(33-23)24-30-9-3-10-31-24/h3-7,9-10,12,14,19H,2,8,11,13H2,1H3,(H3,28,29)(H,32,33,35). The van der Waals surface area contributed by atoms with Crippen molar-refractivity contribution in [2.45, 2.75) is 25.7 Å². The van der Waals surface area contributed by atoms with Crippen molar-refractivity contribution >= 4 is 5.84 Å². The van der Waals surface area contributed by atoms with Crippen molar-refractivity contribution in [1.29, 1.82) is 5.41 Å². The van der Waals surface area contributed by atoms with E-state index in [1.54, 1.807) is 42.5 Å². The lowest BCUT2D eigenvalue weighted by atomic mass is 9.89. The van der Waals surface area contributed by atoms with Crippen molar-refractivity contribution in [2.24, 2.45) is 5.73 Å². The van der Waals surface area contributed by atoms with E-state index in [4.69, 9.17) is 15.9 Å². The normalized spacial score (nSPS) is 11.9. The fraction of sp³-hybridized carbons (Fsp3) is 0.240. The van der Waals surface area contributed by atoms with Crippen LogP contribution in [0.2, 0.25) is 0 Å². The van der Waals surface area contributed by atoms with Gasteiger partial charge in [0.15, 0.2) is 11.6 Å². The van der Waals surface area contributed by atoms with E-state index in [-0.39, 0.29) is 41.9 Å². The first-order valence-electron chi connectivity index (χ1n) is 11.3. The minimum atomic E-state index is -0.758. The quantitative estimate of drug-likeness (QED) is 0.230. The van der Waals surface area contributed by atoms with E-state index >= 15 is 4.39 Å². The Balaban J connectivity index is 1.84. The Morgan fingerprint density at radius 3 is 2.56 bits per heavy atom. The SMILES string of the molecule is CCc1cc(OCCF)c(F)c(C(Cc2ccc(C(=N)N)cc2)c2nn(-c3ncccn3)c(=O)[nH]2)c1. The van der Waals surface area contributed by atoms with Crippen LogP contribution in [0.15, 0.2) is 59.7 Å². The van der Waals surface area contributed by atoms with E-state index in [1.807, 2.05) is 6.92 Å². The molecule has 2 aromatic carbocycles. The van der Waals surface area contributed by atoms with Crippen LogP contribution < -0.4 is 16.2 Å². The summed E-state index contributed by atoms with van der Waals surface area (Å²) >= 11 is 0. The number of nitrogens with one attached hydrogen (secondary N) is 2. The molecule has 0 radical (unpaired) electrons. The summed E-state index contributed by atoms with van der Waals surface area (Å²) < 4.78 is 34.8. The predicted molar refractivity (Wildman–Crippen MR) is 130 cm³/mol. The fourth-order valence-electron chi connectivity index (χ4n) is 3.83. The molecule has 0 aliphatic heterocycles. The number of amidine groups is 1. The minimum absolute atomic E-state index is 0.0629. The molecule has 186 valence electrons. The van der Waals surface area contributed by atoms with Gasteiger partial charge in [0.2, 0.25) is 0 Å². The first-order chi connectivity index (χ1) is 17.4. The number of ether oxygens (including phenoxy) is 1. The molecule has 4 aromatic rings. The number of halogens is 2. The number of H-pyrrole nitrogens is 1. The molecule has 0 saturated carbocycles. The molecule has 4 N–H and O–H groups in total. The molecule has 0 saturated heterocycles. The lowest BCUT2D eigenvalue weighted by Crippen LogP contribution is -2.18. The third-order valence-corrected chi connectivity index (χ3v) is 5.66. The van der Waals surface area contributed by atoms with Gasteiger partial charge in [-0.25, -0.2) is 23.5 Å². The number of aryl methyl sites for hydroxylation is 1. The molecule has 36 heavy (non-hydrogen) atoms. The van der Waals surface area contributed by atoms with E-state index in [2.05, 4.69) is 20.1 Å². The molecule has 0 aliphatic rings. The Hall–Kier alpha value is -4.41. The second-order valence-electron chi connectivity index (χ2n) is 8.03. The van der Waals surface area contributed by atoms with Gasteiger partial charge in [0.1, 0.15) is 24.9 Å². The third kappa shape index (κ3) is 5.29. The summed E-state index contributed by atoms with van der Waals surface area (Å²) in [6.07, 6.45) is 3.81. The summed E-state index contributed by atoms with van der Waals surface area (Å²) in [5.74, 6) is -1.24. The summed E-state index contributed by atoms with van der Waals surface area (Å²) in [5.41, 5.74) is 7.36. The van der Waals surface area contributed by atoms with Crippen LogP contribution in [0.25, 0.3) is 5.95 Å². The number of nitrogens with two attached hydrogens (primary N) is 1. The highest BCUT2D eigenvalue weighted by molar-refractivity contribution is 5.94. The summed E-state index contributed by atoms with van der Waals surface area (Å²) in [5, 5.41) is 12.0. The van der Waals surface area contributed by atoms with E-state index in [0.29, 0.717) is 12.0 Å². The lowest BCUT2D eigenvalue weighted by Gasteiger charge is -2.19. The average molecular weight is 494 g/mol. The van der Waals surface area contributed by atoms with Crippen LogP contribution in [-0.2, 0) is 12.8 Å². The van der Waals surface area contributed by atoms with Gasteiger partial charge < -0.3 is 10.5 Å². The first-order valence-corrected chi connectivity index (χ1v) is 11.3. The summed E-state index contributed by atoms with van der Waals surface area (Å²) in [6, 6.07) is 11.8. The molecule has 1 atom stereocenters. The predicted octanol–water partition coefficient (Wildman–Crippen LogP) is 3.06. The molecule has 2 aromatic heterocycles. The highest BCUT2D eigenvalue weighted by atomic mass is 19.1. The largest absolute Gasteiger partial charge is 0.488 e. The number of hydrogen-bond donors (Lipinski definition) is 3. The molecule has 0 aliphatic carbocycles. The van der Waals surface area contributed by atoms with E-state index in [1.165, 1.54) is 12.4 Å². The Labute approximate surface area is 205 Å². The summed E-state index contributed by atoms with van der Waals surface area (Å²) in [4.78, 5) is 23.6. The van der Waals surface area contributed by atoms with Gasteiger partial charge in [0, 0.05) is 23.5 Å². The molecule has 2 heterocycles. The zero-order valence-electron chi connectivity index (χ0n) is 19.5. The number of hydrogen-bond acceptors (Lipinski definition) is 6. The Morgan fingerprint density at radius 1 is 1.19 bits per heavy atom. The molecule has 0 bridgehead atoms. The van der Waals surface area contributed by atoms with Crippen molar-refractivity contribution in [3.63, 3.8) is 0 Å². The van der Waals surface area contributed by atoms with Crippen LogP contribution in [0.3, 0.4) is 0 Å². The fourth-order valence-corrected chi connectivity index (χ4v) is 3.83. The zero-order valence-corrected chi connectivity index (χ0v) is 19.5. The van der Waals surface area contributed by atoms with Crippen molar-refractivity contribution in [3.8, 4) is 11.7 Å². The number of aromatic nitrogens is 5. The zero-order chi connectivity index (χ0) is 25.7. The molecule has 0 fully saturated rings. The van der Waals surface area contributed by atoms with Crippen LogP contribution in [0, 0.1) is 11.2 Å². The number of nitrogens with zero attached hydrogens (tertiary/aromatic N) is 4. The van der Waals surface area contributed by atoms with Gasteiger partial charge in [0.05, 0.1) is 5.92 Å². The van der Waals surface area contributed by atoms with Crippen molar-refractivity contribution in [2.75, 3.05) is 13.3 Å². The number of benzene rings is 2. The van der Waals surface area contributed by atoms with Gasteiger partial charge >= 0.3 is 5.69 Å². The molecule has 0 spiro atoms. The molecule has 4 rings (SSSR count). The summed E-state index contributed by atoms with van der Waals surface area (Å²) in [7, 11) is 0. The van der Waals surface area contributed by atoms with Crippen LogP contribution >= 0.6 is 0 Å². The van der Waals surface area contributed by atoms with Crippen molar-refractivity contribution < 1.29 is 13.5 Å². The third-order valence-electron chi connectivity index (χ3n) is 5.66. The van der Waals surface area contributed by atoms with E-state index < -0.39 is 24.1 Å². The van der Waals surface area contributed by atoms with E-state index in [9.17, 15) is 9.18 Å². The number of rotatable bonds is 10. The molecule has 0 amide bonds. The van der Waals surface area contributed by atoms with Crippen molar-refractivity contribution in [3.05, 3.63) is 99.2 Å². The molecular weight excluding hydrogens is 468 g/mol. The smallest absolute Gasteiger partial charge is 0.350 e. The highest BCUT2D eigenvalue weighted by Gasteiger charge is 2.26. The average Bonchev–Trinajstić information content (AvgIpc) is 3.28. The maximum absolute atomic E-state index is 15.7. The number of alkyl halides is 1. The second kappa shape index (κ2) is 10.9. The Bertz CT molecular complexity index is 1400. The van der Waals surface area contributed by atoms with Gasteiger partial charge in [0.25, 0.3) is 5.95 Å². The van der Waals surface area contributed by atoms with E-state index in [0.717, 1.165) is 15.8 Å². The maximum atomic E-state index is 15.7. The van der Waals surface area contributed by atoms with Crippen LogP contribution in [0.5, 0.6) is 5.75 Å². The molecule has 11 heteroatoms. The van der Waals surface area contributed by atoms with Crippen LogP contribution in [0.1, 0.15) is 40.9 Å². The highest BCUT2D eigenvalue weighted by Crippen LogP contribution is 2.34. The van der Waals surface area contributed by atoms with Crippen LogP contribution in [0.4, 0.5) is 8.78 Å². The number of aromatic amines is 1. The van der Waals surface area contributed by atoms with Crippen LogP contribution in [-0.4, -0.2) is 43.8 Å². The molecule has 1 unspecified atom stereocenters. The Morgan fingerprint density at radius 2 is 1.92 bits per heavy atom. The second-order valence-corrected chi connectivity index (χ2v) is 8.03. The first kappa shape index (κ1) is 24.7. The van der Waals surface area contributed by atoms with Gasteiger partial charge in [-0.15, -0.1) is 9.78 Å². The Kier molecular flexibility index (Phi) is 7.47. The van der Waals surface area contributed by atoms with Gasteiger partial charge in [-0.1, -0.05) is 37.3 Å².